The van der Waals surface area contributed by atoms with Gasteiger partial charge in [0.05, 0.1) is 16.3 Å². The molecule has 0 aliphatic carbocycles. The molecule has 148 valence electrons. The topological polar surface area (TPSA) is 37.6 Å². The minimum absolute atomic E-state index is 0.0765. The fourth-order valence-corrected chi connectivity index (χ4v) is 3.29. The molecule has 0 unspecified atom stereocenters. The third-order valence-corrected chi connectivity index (χ3v) is 4.74. The van der Waals surface area contributed by atoms with Gasteiger partial charge in [-0.2, -0.15) is 13.2 Å². The van der Waals surface area contributed by atoms with Crippen LogP contribution in [0.2, 0.25) is 5.02 Å². The zero-order chi connectivity index (χ0) is 20.6. The van der Waals surface area contributed by atoms with Gasteiger partial charge in [-0.25, -0.2) is 4.98 Å². The number of benzene rings is 1. The highest BCUT2D eigenvalue weighted by atomic mass is 35.5. The van der Waals surface area contributed by atoms with Crippen molar-refractivity contribution in [1.82, 2.24) is 14.3 Å². The van der Waals surface area contributed by atoms with E-state index in [1.165, 1.54) is 0 Å². The quantitative estimate of drug-likeness (QED) is 0.581. The summed E-state index contributed by atoms with van der Waals surface area (Å²) in [4.78, 5) is 19.1. The van der Waals surface area contributed by atoms with Crippen LogP contribution in [-0.2, 0) is 12.7 Å². The van der Waals surface area contributed by atoms with E-state index < -0.39 is 17.6 Å². The number of nitrogens with zero attached hydrogens (tertiary/aromatic N) is 3. The van der Waals surface area contributed by atoms with Gasteiger partial charge in [0, 0.05) is 18.8 Å². The number of carbonyl (C=O) groups excluding carboxylic acids is 1. The number of aryl methyl sites for hydroxylation is 1. The molecule has 0 N–H and O–H groups in total. The van der Waals surface area contributed by atoms with Crippen molar-refractivity contribution < 1.29 is 18.0 Å². The van der Waals surface area contributed by atoms with E-state index >= 15 is 0 Å². The molecule has 1 aromatic carbocycles. The monoisotopic (exact) mass is 409 g/mol. The summed E-state index contributed by atoms with van der Waals surface area (Å²) in [6.45, 7) is 5.63. The summed E-state index contributed by atoms with van der Waals surface area (Å²) in [6, 6.07) is 10.0. The van der Waals surface area contributed by atoms with Crippen LogP contribution in [0, 0.1) is 6.92 Å². The third kappa shape index (κ3) is 3.85. The van der Waals surface area contributed by atoms with E-state index in [9.17, 15) is 18.0 Å². The molecule has 28 heavy (non-hydrogen) atoms. The van der Waals surface area contributed by atoms with Crippen LogP contribution >= 0.6 is 11.6 Å². The van der Waals surface area contributed by atoms with Gasteiger partial charge in [-0.15, -0.1) is 0 Å². The number of halogens is 4. The van der Waals surface area contributed by atoms with Gasteiger partial charge >= 0.3 is 6.18 Å². The first-order valence-corrected chi connectivity index (χ1v) is 9.07. The van der Waals surface area contributed by atoms with E-state index in [-0.39, 0.29) is 22.4 Å². The molecule has 0 saturated carbocycles. The van der Waals surface area contributed by atoms with Gasteiger partial charge in [0.2, 0.25) is 0 Å². The fraction of sp³-hybridized carbons (Fsp3) is 0.300. The Morgan fingerprint density at radius 2 is 1.89 bits per heavy atom. The molecule has 0 aliphatic rings. The Kier molecular flexibility index (Phi) is 5.39. The van der Waals surface area contributed by atoms with Crippen LogP contribution < -0.4 is 0 Å². The number of amides is 1. The first kappa shape index (κ1) is 20.2. The van der Waals surface area contributed by atoms with E-state index in [2.05, 4.69) is 4.98 Å². The lowest BCUT2D eigenvalue weighted by molar-refractivity contribution is -0.137. The molecular weight excluding hydrogens is 391 g/mol. The van der Waals surface area contributed by atoms with Gasteiger partial charge < -0.3 is 4.90 Å². The molecule has 2 aromatic heterocycles. The SMILES string of the molecule is Cc1nc2c(Cl)cc(C(F)(F)F)cn2c1C(=O)N(Cc1ccccc1)C(C)C. The third-order valence-electron chi connectivity index (χ3n) is 4.46. The van der Waals surface area contributed by atoms with Crippen LogP contribution in [0.4, 0.5) is 13.2 Å². The predicted octanol–water partition coefficient (Wildman–Crippen LogP) is 5.37. The van der Waals surface area contributed by atoms with E-state index in [1.54, 1.807) is 11.8 Å². The second kappa shape index (κ2) is 7.47. The summed E-state index contributed by atoms with van der Waals surface area (Å²) >= 11 is 6.02. The number of pyridine rings is 1. The number of hydrogen-bond donors (Lipinski definition) is 0. The average Bonchev–Trinajstić information content (AvgIpc) is 2.95. The molecule has 3 rings (SSSR count). The fourth-order valence-electron chi connectivity index (χ4n) is 3.04. The Balaban J connectivity index is 2.11. The summed E-state index contributed by atoms with van der Waals surface area (Å²) < 4.78 is 40.8. The first-order valence-electron chi connectivity index (χ1n) is 8.70. The molecular formula is C20H19ClF3N3O. The molecule has 2 heterocycles. The maximum Gasteiger partial charge on any atom is 0.417 e. The van der Waals surface area contributed by atoms with Crippen molar-refractivity contribution in [2.45, 2.75) is 39.5 Å². The largest absolute Gasteiger partial charge is 0.417 e. The summed E-state index contributed by atoms with van der Waals surface area (Å²) in [5, 5.41) is -0.156. The lowest BCUT2D eigenvalue weighted by atomic mass is 10.1. The summed E-state index contributed by atoms with van der Waals surface area (Å²) in [5.41, 5.74) is 0.511. The van der Waals surface area contributed by atoms with Crippen molar-refractivity contribution in [2.24, 2.45) is 0 Å². The zero-order valence-electron chi connectivity index (χ0n) is 15.6. The molecule has 1 amide bonds. The molecule has 4 nitrogen and oxygen atoms in total. The van der Waals surface area contributed by atoms with Crippen LogP contribution in [0.3, 0.4) is 0 Å². The molecule has 0 spiro atoms. The molecule has 0 radical (unpaired) electrons. The van der Waals surface area contributed by atoms with Crippen molar-refractivity contribution in [3.8, 4) is 0 Å². The summed E-state index contributed by atoms with van der Waals surface area (Å²) in [5.74, 6) is -0.403. The van der Waals surface area contributed by atoms with Gasteiger partial charge in [0.15, 0.2) is 5.65 Å². The average molecular weight is 410 g/mol. The Morgan fingerprint density at radius 1 is 1.25 bits per heavy atom. The number of rotatable bonds is 4. The highest BCUT2D eigenvalue weighted by Gasteiger charge is 2.33. The Morgan fingerprint density at radius 3 is 2.46 bits per heavy atom. The van der Waals surface area contributed by atoms with Crippen LogP contribution in [0.15, 0.2) is 42.6 Å². The summed E-state index contributed by atoms with van der Waals surface area (Å²) in [6.07, 6.45) is -3.71. The minimum Gasteiger partial charge on any atom is -0.331 e. The van der Waals surface area contributed by atoms with Crippen LogP contribution in [-0.4, -0.2) is 26.2 Å². The normalized spacial score (nSPS) is 12.0. The van der Waals surface area contributed by atoms with Crippen molar-refractivity contribution in [2.75, 3.05) is 0 Å². The van der Waals surface area contributed by atoms with Gasteiger partial charge in [-0.3, -0.25) is 9.20 Å². The first-order chi connectivity index (χ1) is 13.1. The molecule has 0 bridgehead atoms. The highest BCUT2D eigenvalue weighted by Crippen LogP contribution is 2.33. The number of aromatic nitrogens is 2. The van der Waals surface area contributed by atoms with E-state index in [4.69, 9.17) is 11.6 Å². The zero-order valence-corrected chi connectivity index (χ0v) is 16.3. The standard InChI is InChI=1S/C20H19ClF3N3O/c1-12(2)26(10-14-7-5-4-6-8-14)19(28)17-13(3)25-18-16(21)9-15(11-27(17)18)20(22,23)24/h4-9,11-12H,10H2,1-3H3. The van der Waals surface area contributed by atoms with Crippen molar-refractivity contribution >= 4 is 23.2 Å². The Bertz CT molecular complexity index is 1010. The Labute approximate surface area is 165 Å². The maximum atomic E-state index is 13.3. The number of hydrogen-bond acceptors (Lipinski definition) is 2. The van der Waals surface area contributed by atoms with E-state index in [1.807, 2.05) is 44.2 Å². The molecule has 0 atom stereocenters. The number of carbonyl (C=O) groups is 1. The van der Waals surface area contributed by atoms with Gasteiger partial charge in [0.1, 0.15) is 5.69 Å². The van der Waals surface area contributed by atoms with Crippen molar-refractivity contribution in [1.29, 1.82) is 0 Å². The lowest BCUT2D eigenvalue weighted by Gasteiger charge is -2.27. The van der Waals surface area contributed by atoms with Crippen LogP contribution in [0.1, 0.15) is 41.2 Å². The summed E-state index contributed by atoms with van der Waals surface area (Å²) in [7, 11) is 0. The van der Waals surface area contributed by atoms with Crippen molar-refractivity contribution in [3.63, 3.8) is 0 Å². The van der Waals surface area contributed by atoms with Crippen molar-refractivity contribution in [3.05, 3.63) is 70.1 Å². The predicted molar refractivity (Wildman–Crippen MR) is 101 cm³/mol. The Hall–Kier alpha value is -2.54. The number of alkyl halides is 3. The maximum absolute atomic E-state index is 13.3. The van der Waals surface area contributed by atoms with Crippen LogP contribution in [0.5, 0.6) is 0 Å². The van der Waals surface area contributed by atoms with E-state index in [0.717, 1.165) is 22.2 Å². The highest BCUT2D eigenvalue weighted by molar-refractivity contribution is 6.33. The smallest absolute Gasteiger partial charge is 0.331 e. The number of fused-ring (bicyclic) bond motifs is 1. The second-order valence-electron chi connectivity index (χ2n) is 6.83. The number of imidazole rings is 1. The lowest BCUT2D eigenvalue weighted by Crippen LogP contribution is -2.37. The molecule has 8 heteroatoms. The molecule has 0 saturated heterocycles. The van der Waals surface area contributed by atoms with Gasteiger partial charge in [-0.1, -0.05) is 41.9 Å². The molecule has 3 aromatic rings. The second-order valence-corrected chi connectivity index (χ2v) is 7.23. The molecule has 0 fully saturated rings. The minimum atomic E-state index is -4.59. The van der Waals surface area contributed by atoms with Crippen LogP contribution in [0.25, 0.3) is 5.65 Å². The molecule has 0 aliphatic heterocycles. The van der Waals surface area contributed by atoms with E-state index in [0.29, 0.717) is 12.2 Å². The van der Waals surface area contributed by atoms with Gasteiger partial charge in [-0.05, 0) is 32.4 Å². The van der Waals surface area contributed by atoms with Gasteiger partial charge in [0.25, 0.3) is 5.91 Å².